The zero-order valence-electron chi connectivity index (χ0n) is 9.66. The molecule has 0 aliphatic carbocycles. The molecule has 0 spiro atoms. The van der Waals surface area contributed by atoms with Crippen molar-refractivity contribution in [2.75, 3.05) is 0 Å². The first kappa shape index (κ1) is 13.0. The second-order valence-electron chi connectivity index (χ2n) is 3.69. The van der Waals surface area contributed by atoms with E-state index in [-0.39, 0.29) is 0 Å². The smallest absolute Gasteiger partial charge is 0.0899 e. The van der Waals surface area contributed by atoms with Crippen LogP contribution in [-0.4, -0.2) is 15.9 Å². The molecular weight excluding hydrogens is 303 g/mol. The Bertz CT molecular complexity index is 299. The van der Waals surface area contributed by atoms with Gasteiger partial charge in [-0.05, 0) is 42.4 Å². The highest BCUT2D eigenvalue weighted by molar-refractivity contribution is 14.1. The van der Waals surface area contributed by atoms with Gasteiger partial charge in [0.05, 0.1) is 28.2 Å². The van der Waals surface area contributed by atoms with Crippen molar-refractivity contribution in [1.29, 1.82) is 0 Å². The van der Waals surface area contributed by atoms with Crippen LogP contribution >= 0.6 is 22.6 Å². The minimum atomic E-state index is 0.325. The van der Waals surface area contributed by atoms with Crippen molar-refractivity contribution >= 4 is 22.6 Å². The van der Waals surface area contributed by atoms with Gasteiger partial charge >= 0.3 is 0 Å². The van der Waals surface area contributed by atoms with E-state index < -0.39 is 0 Å². The number of halogens is 1. The first-order valence-electron chi connectivity index (χ1n) is 5.50. The van der Waals surface area contributed by atoms with Gasteiger partial charge in [-0.3, -0.25) is 4.68 Å². The summed E-state index contributed by atoms with van der Waals surface area (Å²) in [6.07, 6.45) is 4.39. The number of rotatable bonds is 6. The van der Waals surface area contributed by atoms with Gasteiger partial charge < -0.3 is 4.74 Å². The van der Waals surface area contributed by atoms with Crippen LogP contribution in [0.3, 0.4) is 0 Å². The summed E-state index contributed by atoms with van der Waals surface area (Å²) in [4.78, 5) is 0. The molecule has 0 bridgehead atoms. The summed E-state index contributed by atoms with van der Waals surface area (Å²) in [6.45, 7) is 8.05. The first-order valence-corrected chi connectivity index (χ1v) is 6.58. The summed E-state index contributed by atoms with van der Waals surface area (Å²) in [6, 6.07) is 0. The molecular formula is C11H19IN2O. The Kier molecular flexibility index (Phi) is 5.60. The molecule has 0 radical (unpaired) electrons. The second-order valence-corrected chi connectivity index (χ2v) is 4.85. The number of hydrogen-bond donors (Lipinski definition) is 0. The van der Waals surface area contributed by atoms with Gasteiger partial charge in [-0.25, -0.2) is 0 Å². The molecule has 0 aliphatic heterocycles. The number of hydrogen-bond acceptors (Lipinski definition) is 2. The van der Waals surface area contributed by atoms with E-state index in [1.165, 1.54) is 9.26 Å². The highest BCUT2D eigenvalue weighted by atomic mass is 127. The minimum Gasteiger partial charge on any atom is -0.372 e. The van der Waals surface area contributed by atoms with Crippen LogP contribution in [-0.2, 0) is 17.9 Å². The molecule has 0 amide bonds. The molecule has 86 valence electrons. The maximum absolute atomic E-state index is 5.74. The molecule has 1 rings (SSSR count). The molecule has 0 saturated carbocycles. The summed E-state index contributed by atoms with van der Waals surface area (Å²) in [5.41, 5.74) is 1.21. The largest absolute Gasteiger partial charge is 0.372 e. The lowest BCUT2D eigenvalue weighted by molar-refractivity contribution is 0.0462. The van der Waals surface area contributed by atoms with E-state index >= 15 is 0 Å². The Labute approximate surface area is 105 Å². The van der Waals surface area contributed by atoms with Gasteiger partial charge in [0.15, 0.2) is 0 Å². The van der Waals surface area contributed by atoms with Gasteiger partial charge in [-0.15, -0.1) is 0 Å². The molecule has 1 heterocycles. The molecule has 15 heavy (non-hydrogen) atoms. The highest BCUT2D eigenvalue weighted by Gasteiger charge is 2.09. The standard InChI is InChI=1S/C11H19IN2O/c1-4-6-14-11(10(12)7-13-14)8-15-9(3)5-2/h7,9H,4-6,8H2,1-3H3/t9-/m0/s1. The predicted molar refractivity (Wildman–Crippen MR) is 69.8 cm³/mol. The number of aryl methyl sites for hydroxylation is 1. The van der Waals surface area contributed by atoms with E-state index in [9.17, 15) is 0 Å². The molecule has 3 nitrogen and oxygen atoms in total. The Morgan fingerprint density at radius 2 is 2.27 bits per heavy atom. The average molecular weight is 322 g/mol. The number of ether oxygens (including phenoxy) is 1. The summed E-state index contributed by atoms with van der Waals surface area (Å²) < 4.78 is 8.98. The fraction of sp³-hybridized carbons (Fsp3) is 0.727. The normalized spacial score (nSPS) is 13.1. The van der Waals surface area contributed by atoms with E-state index in [1.807, 2.05) is 10.9 Å². The van der Waals surface area contributed by atoms with Crippen LogP contribution in [0.2, 0.25) is 0 Å². The quantitative estimate of drug-likeness (QED) is 0.752. The van der Waals surface area contributed by atoms with Crippen LogP contribution in [0.25, 0.3) is 0 Å². The molecule has 0 saturated heterocycles. The van der Waals surface area contributed by atoms with Gasteiger partial charge in [0.1, 0.15) is 0 Å². The summed E-state index contributed by atoms with van der Waals surface area (Å²) in [5.74, 6) is 0. The third-order valence-corrected chi connectivity index (χ3v) is 3.31. The van der Waals surface area contributed by atoms with Crippen molar-refractivity contribution in [3.63, 3.8) is 0 Å². The van der Waals surface area contributed by atoms with Gasteiger partial charge in [-0.1, -0.05) is 13.8 Å². The van der Waals surface area contributed by atoms with Gasteiger partial charge in [0.2, 0.25) is 0 Å². The molecule has 1 atom stereocenters. The van der Waals surface area contributed by atoms with Crippen molar-refractivity contribution in [3.8, 4) is 0 Å². The fourth-order valence-electron chi connectivity index (χ4n) is 1.27. The number of aromatic nitrogens is 2. The molecule has 0 fully saturated rings. The van der Waals surface area contributed by atoms with Gasteiger partial charge in [0, 0.05) is 6.54 Å². The molecule has 0 N–H and O–H groups in total. The minimum absolute atomic E-state index is 0.325. The molecule has 0 aromatic carbocycles. The van der Waals surface area contributed by atoms with Crippen LogP contribution in [0.5, 0.6) is 0 Å². The first-order chi connectivity index (χ1) is 7.19. The van der Waals surface area contributed by atoms with E-state index in [4.69, 9.17) is 4.74 Å². The van der Waals surface area contributed by atoms with E-state index in [1.54, 1.807) is 0 Å². The van der Waals surface area contributed by atoms with Crippen LogP contribution < -0.4 is 0 Å². The van der Waals surface area contributed by atoms with Crippen molar-refractivity contribution in [1.82, 2.24) is 9.78 Å². The Morgan fingerprint density at radius 1 is 1.53 bits per heavy atom. The topological polar surface area (TPSA) is 27.1 Å². The molecule has 0 aliphatic rings. The van der Waals surface area contributed by atoms with E-state index in [0.717, 1.165) is 19.4 Å². The van der Waals surface area contributed by atoms with Crippen LogP contribution in [0.1, 0.15) is 39.3 Å². The highest BCUT2D eigenvalue weighted by Crippen LogP contribution is 2.14. The van der Waals surface area contributed by atoms with Crippen molar-refractivity contribution in [2.45, 2.75) is 52.9 Å². The maximum atomic E-state index is 5.74. The lowest BCUT2D eigenvalue weighted by Gasteiger charge is -2.12. The lowest BCUT2D eigenvalue weighted by atomic mass is 10.3. The van der Waals surface area contributed by atoms with Gasteiger partial charge in [-0.2, -0.15) is 5.10 Å². The monoisotopic (exact) mass is 322 g/mol. The molecule has 0 unspecified atom stereocenters. The Hall–Kier alpha value is -0.100. The summed E-state index contributed by atoms with van der Waals surface area (Å²) in [5, 5.41) is 4.34. The lowest BCUT2D eigenvalue weighted by Crippen LogP contribution is -2.11. The second kappa shape index (κ2) is 6.48. The SMILES string of the molecule is CCCn1ncc(I)c1CO[C@@H](C)CC. The third kappa shape index (κ3) is 3.75. The summed E-state index contributed by atoms with van der Waals surface area (Å²) >= 11 is 2.32. The zero-order valence-corrected chi connectivity index (χ0v) is 11.8. The van der Waals surface area contributed by atoms with Crippen LogP contribution in [0.4, 0.5) is 0 Å². The summed E-state index contributed by atoms with van der Waals surface area (Å²) in [7, 11) is 0. The van der Waals surface area contributed by atoms with Crippen LogP contribution in [0.15, 0.2) is 6.20 Å². The average Bonchev–Trinajstić information content (AvgIpc) is 2.57. The molecule has 1 aromatic heterocycles. The van der Waals surface area contributed by atoms with Crippen molar-refractivity contribution in [3.05, 3.63) is 15.5 Å². The Balaban J connectivity index is 2.61. The van der Waals surface area contributed by atoms with E-state index in [0.29, 0.717) is 12.7 Å². The van der Waals surface area contributed by atoms with Crippen molar-refractivity contribution < 1.29 is 4.74 Å². The van der Waals surface area contributed by atoms with Gasteiger partial charge in [0.25, 0.3) is 0 Å². The molecule has 1 aromatic rings. The predicted octanol–water partition coefficient (Wildman–Crippen LogP) is 3.21. The van der Waals surface area contributed by atoms with E-state index in [2.05, 4.69) is 48.5 Å². The fourth-order valence-corrected chi connectivity index (χ4v) is 1.83. The maximum Gasteiger partial charge on any atom is 0.0899 e. The number of nitrogens with zero attached hydrogens (tertiary/aromatic N) is 2. The Morgan fingerprint density at radius 3 is 2.87 bits per heavy atom. The molecule has 4 heteroatoms. The zero-order chi connectivity index (χ0) is 11.3. The van der Waals surface area contributed by atoms with Crippen LogP contribution in [0, 0.1) is 3.57 Å². The van der Waals surface area contributed by atoms with Crippen molar-refractivity contribution in [2.24, 2.45) is 0 Å². The third-order valence-electron chi connectivity index (χ3n) is 2.41.